The first kappa shape index (κ1) is 18.4. The van der Waals surface area contributed by atoms with E-state index in [0.717, 1.165) is 38.9 Å². The zero-order valence-corrected chi connectivity index (χ0v) is 14.4. The molecule has 0 radical (unpaired) electrons. The smallest absolute Gasteiger partial charge is 0.325 e. The molecule has 1 rings (SSSR count). The number of hydrogen-bond acceptors (Lipinski definition) is 4. The second kappa shape index (κ2) is 8.11. The fourth-order valence-corrected chi connectivity index (χ4v) is 3.00. The number of aliphatic carboxylic acids is 1. The molecule has 0 aromatic rings. The van der Waals surface area contributed by atoms with Crippen molar-refractivity contribution in [3.63, 3.8) is 0 Å². The van der Waals surface area contributed by atoms with Gasteiger partial charge in [-0.3, -0.25) is 10.1 Å². The highest BCUT2D eigenvalue weighted by molar-refractivity contribution is 5.80. The van der Waals surface area contributed by atoms with Gasteiger partial charge in [0.1, 0.15) is 5.54 Å². The van der Waals surface area contributed by atoms with Gasteiger partial charge in [0.25, 0.3) is 0 Å². The van der Waals surface area contributed by atoms with Crippen LogP contribution in [-0.2, 0) is 4.79 Å². The molecule has 0 spiro atoms. The van der Waals surface area contributed by atoms with Crippen LogP contribution in [0, 0.1) is 5.92 Å². The molecule has 0 aromatic heterocycles. The van der Waals surface area contributed by atoms with E-state index in [9.17, 15) is 9.90 Å². The largest absolute Gasteiger partial charge is 0.480 e. The minimum atomic E-state index is -0.776. The predicted octanol–water partition coefficient (Wildman–Crippen LogP) is 1.49. The maximum Gasteiger partial charge on any atom is 0.325 e. The van der Waals surface area contributed by atoms with Crippen LogP contribution in [0.2, 0.25) is 0 Å². The third-order valence-electron chi connectivity index (χ3n) is 4.20. The van der Waals surface area contributed by atoms with Crippen LogP contribution in [0.25, 0.3) is 0 Å². The summed E-state index contributed by atoms with van der Waals surface area (Å²) in [6.07, 6.45) is 3.13. The van der Waals surface area contributed by atoms with Crippen LogP contribution in [0.3, 0.4) is 0 Å². The highest BCUT2D eigenvalue weighted by Crippen LogP contribution is 2.40. The molecule has 5 heteroatoms. The van der Waals surface area contributed by atoms with Gasteiger partial charge in [0.05, 0.1) is 0 Å². The topological polar surface area (TPSA) is 55.8 Å². The summed E-state index contributed by atoms with van der Waals surface area (Å²) in [5.74, 6) is -0.412. The second-order valence-electron chi connectivity index (χ2n) is 6.88. The number of likely N-dealkylation sites (N-methyl/N-ethyl adjacent to an activating group) is 1. The fourth-order valence-electron chi connectivity index (χ4n) is 3.00. The quantitative estimate of drug-likeness (QED) is 0.605. The molecule has 1 fully saturated rings. The van der Waals surface area contributed by atoms with E-state index < -0.39 is 11.5 Å². The summed E-state index contributed by atoms with van der Waals surface area (Å²) < 4.78 is 0. The van der Waals surface area contributed by atoms with Crippen molar-refractivity contribution in [2.45, 2.75) is 51.6 Å². The maximum absolute atomic E-state index is 12.0. The minimum Gasteiger partial charge on any atom is -0.480 e. The average Bonchev–Trinajstić information content (AvgIpc) is 3.19. The van der Waals surface area contributed by atoms with Crippen molar-refractivity contribution < 1.29 is 9.90 Å². The number of rotatable bonds is 11. The summed E-state index contributed by atoms with van der Waals surface area (Å²) >= 11 is 0. The average molecular weight is 299 g/mol. The molecule has 0 heterocycles. The van der Waals surface area contributed by atoms with E-state index in [1.165, 1.54) is 0 Å². The highest BCUT2D eigenvalue weighted by Gasteiger charge is 2.52. The van der Waals surface area contributed by atoms with E-state index in [0.29, 0.717) is 6.54 Å². The van der Waals surface area contributed by atoms with Crippen molar-refractivity contribution in [1.29, 1.82) is 0 Å². The van der Waals surface area contributed by atoms with Gasteiger partial charge >= 0.3 is 5.97 Å². The number of hydrogen-bond donors (Lipinski definition) is 2. The third kappa shape index (κ3) is 5.57. The molecule has 1 unspecified atom stereocenters. The van der Waals surface area contributed by atoms with E-state index in [2.05, 4.69) is 36.1 Å². The molecule has 0 bridgehead atoms. The monoisotopic (exact) mass is 299 g/mol. The van der Waals surface area contributed by atoms with Crippen LogP contribution in [0.5, 0.6) is 0 Å². The number of nitrogens with zero attached hydrogens (tertiary/aromatic N) is 2. The molecule has 0 saturated heterocycles. The lowest BCUT2D eigenvalue weighted by molar-refractivity contribution is -0.147. The van der Waals surface area contributed by atoms with E-state index in [1.807, 2.05) is 13.8 Å². The van der Waals surface area contributed by atoms with Gasteiger partial charge in [-0.2, -0.15) is 0 Å². The van der Waals surface area contributed by atoms with Gasteiger partial charge in [0.2, 0.25) is 0 Å². The fraction of sp³-hybridized carbons (Fsp3) is 0.938. The zero-order chi connectivity index (χ0) is 16.0. The van der Waals surface area contributed by atoms with Crippen molar-refractivity contribution in [2.24, 2.45) is 5.92 Å². The van der Waals surface area contributed by atoms with Gasteiger partial charge in [-0.25, -0.2) is 0 Å². The number of carboxylic acid groups (broad SMARTS) is 1. The minimum absolute atomic E-state index is 0.183. The van der Waals surface area contributed by atoms with E-state index in [1.54, 1.807) is 0 Å². The Labute approximate surface area is 129 Å². The Hall–Kier alpha value is -0.650. The molecule has 1 saturated carbocycles. The highest BCUT2D eigenvalue weighted by atomic mass is 16.4. The Morgan fingerprint density at radius 2 is 1.95 bits per heavy atom. The van der Waals surface area contributed by atoms with Crippen LogP contribution in [0.4, 0.5) is 0 Å². The van der Waals surface area contributed by atoms with Crippen molar-refractivity contribution in [3.05, 3.63) is 0 Å². The lowest BCUT2D eigenvalue weighted by Crippen LogP contribution is -2.62. The van der Waals surface area contributed by atoms with Gasteiger partial charge < -0.3 is 14.9 Å². The zero-order valence-electron chi connectivity index (χ0n) is 14.4. The predicted molar refractivity (Wildman–Crippen MR) is 86.6 cm³/mol. The molecule has 0 aliphatic heterocycles. The molecule has 1 aliphatic rings. The Balaban J connectivity index is 2.71. The molecule has 1 atom stereocenters. The molecule has 1 aliphatic carbocycles. The SMILES string of the molecule is CCN(CCCN(C)C)CC(NC(C)C)(C(=O)O)C1CC1. The summed E-state index contributed by atoms with van der Waals surface area (Å²) in [7, 11) is 4.14. The Morgan fingerprint density at radius 1 is 1.33 bits per heavy atom. The van der Waals surface area contributed by atoms with Crippen molar-refractivity contribution in [2.75, 3.05) is 40.3 Å². The van der Waals surface area contributed by atoms with Crippen LogP contribution in [0.15, 0.2) is 0 Å². The van der Waals surface area contributed by atoms with Crippen molar-refractivity contribution >= 4 is 5.97 Å². The van der Waals surface area contributed by atoms with Gasteiger partial charge in [-0.05, 0) is 72.8 Å². The second-order valence-corrected chi connectivity index (χ2v) is 6.88. The van der Waals surface area contributed by atoms with Gasteiger partial charge in [-0.15, -0.1) is 0 Å². The van der Waals surface area contributed by atoms with E-state index in [-0.39, 0.29) is 12.0 Å². The molecule has 0 aromatic carbocycles. The summed E-state index contributed by atoms with van der Waals surface area (Å²) in [6, 6.07) is 0.183. The molecule has 21 heavy (non-hydrogen) atoms. The normalized spacial score (nSPS) is 18.5. The first-order valence-corrected chi connectivity index (χ1v) is 8.20. The van der Waals surface area contributed by atoms with Gasteiger partial charge in [0.15, 0.2) is 0 Å². The third-order valence-corrected chi connectivity index (χ3v) is 4.20. The van der Waals surface area contributed by atoms with E-state index >= 15 is 0 Å². The van der Waals surface area contributed by atoms with Crippen molar-refractivity contribution in [3.8, 4) is 0 Å². The van der Waals surface area contributed by atoms with Crippen LogP contribution < -0.4 is 5.32 Å². The Bertz CT molecular complexity index is 329. The number of nitrogens with one attached hydrogen (secondary N) is 1. The summed E-state index contributed by atoms with van der Waals surface area (Å²) in [5, 5.41) is 13.2. The number of carboxylic acids is 1. The standard InChI is InChI=1S/C16H33N3O2/c1-6-19(11-7-10-18(4)5)12-16(15(20)21,14-8-9-14)17-13(2)3/h13-14,17H,6-12H2,1-5H3,(H,20,21). The van der Waals surface area contributed by atoms with Gasteiger partial charge in [-0.1, -0.05) is 6.92 Å². The molecule has 2 N–H and O–H groups in total. The lowest BCUT2D eigenvalue weighted by Gasteiger charge is -2.37. The summed E-state index contributed by atoms with van der Waals surface area (Å²) in [5.41, 5.74) is -0.776. The molecule has 0 amide bonds. The van der Waals surface area contributed by atoms with E-state index in [4.69, 9.17) is 0 Å². The first-order chi connectivity index (χ1) is 9.81. The van der Waals surface area contributed by atoms with Crippen molar-refractivity contribution in [1.82, 2.24) is 15.1 Å². The first-order valence-electron chi connectivity index (χ1n) is 8.20. The van der Waals surface area contributed by atoms with Crippen LogP contribution in [-0.4, -0.2) is 72.7 Å². The Morgan fingerprint density at radius 3 is 2.33 bits per heavy atom. The maximum atomic E-state index is 12.0. The Kier molecular flexibility index (Phi) is 7.10. The summed E-state index contributed by atoms with van der Waals surface area (Å²) in [4.78, 5) is 16.4. The summed E-state index contributed by atoms with van der Waals surface area (Å²) in [6.45, 7) is 9.67. The van der Waals surface area contributed by atoms with Crippen LogP contribution in [0.1, 0.15) is 40.0 Å². The van der Waals surface area contributed by atoms with Crippen LogP contribution >= 0.6 is 0 Å². The molecule has 5 nitrogen and oxygen atoms in total. The molecule has 124 valence electrons. The molecular weight excluding hydrogens is 266 g/mol. The number of carbonyl (C=O) groups is 1. The molecular formula is C16H33N3O2. The lowest BCUT2D eigenvalue weighted by atomic mass is 9.91. The van der Waals surface area contributed by atoms with Gasteiger partial charge in [0, 0.05) is 12.6 Å².